The first kappa shape index (κ1) is 16.1. The second kappa shape index (κ2) is 8.27. The van der Waals surface area contributed by atoms with Crippen LogP contribution in [0.3, 0.4) is 0 Å². The molecule has 0 radical (unpaired) electrons. The molecule has 0 bridgehead atoms. The van der Waals surface area contributed by atoms with E-state index in [1.807, 2.05) is 24.3 Å². The highest BCUT2D eigenvalue weighted by Crippen LogP contribution is 2.28. The molecule has 118 valence electrons. The van der Waals surface area contributed by atoms with E-state index in [9.17, 15) is 4.39 Å². The van der Waals surface area contributed by atoms with Crippen molar-refractivity contribution in [2.24, 2.45) is 0 Å². The van der Waals surface area contributed by atoms with Crippen LogP contribution in [0.2, 0.25) is 0 Å². The van der Waals surface area contributed by atoms with Gasteiger partial charge in [0.2, 0.25) is 0 Å². The van der Waals surface area contributed by atoms with Crippen molar-refractivity contribution in [1.82, 2.24) is 0 Å². The van der Waals surface area contributed by atoms with E-state index in [0.717, 1.165) is 35.6 Å². The predicted molar refractivity (Wildman–Crippen MR) is 87.1 cm³/mol. The second-order valence-corrected chi connectivity index (χ2v) is 5.05. The van der Waals surface area contributed by atoms with Crippen LogP contribution in [0.25, 0.3) is 0 Å². The Balaban J connectivity index is 1.99. The van der Waals surface area contributed by atoms with E-state index in [4.69, 9.17) is 9.47 Å². The van der Waals surface area contributed by atoms with Crippen molar-refractivity contribution in [3.8, 4) is 11.5 Å². The number of rotatable bonds is 8. The van der Waals surface area contributed by atoms with Gasteiger partial charge in [0.25, 0.3) is 0 Å². The molecule has 0 fully saturated rings. The van der Waals surface area contributed by atoms with Crippen LogP contribution in [0.5, 0.6) is 11.5 Å². The molecule has 0 saturated heterocycles. The van der Waals surface area contributed by atoms with E-state index in [1.54, 1.807) is 13.2 Å². The van der Waals surface area contributed by atoms with Crippen molar-refractivity contribution in [1.29, 1.82) is 0 Å². The van der Waals surface area contributed by atoms with Crippen LogP contribution in [-0.2, 0) is 6.54 Å². The van der Waals surface area contributed by atoms with Gasteiger partial charge in [-0.1, -0.05) is 25.5 Å². The monoisotopic (exact) mass is 303 g/mol. The van der Waals surface area contributed by atoms with E-state index in [2.05, 4.69) is 12.2 Å². The minimum Gasteiger partial charge on any atom is -0.493 e. The Bertz CT molecular complexity index is 601. The molecule has 0 heterocycles. The summed E-state index contributed by atoms with van der Waals surface area (Å²) in [7, 11) is 1.63. The Morgan fingerprint density at radius 2 is 1.95 bits per heavy atom. The molecule has 0 amide bonds. The Morgan fingerprint density at radius 3 is 2.68 bits per heavy atom. The molecule has 3 nitrogen and oxygen atoms in total. The van der Waals surface area contributed by atoms with Crippen molar-refractivity contribution in [2.75, 3.05) is 19.0 Å². The average Bonchev–Trinajstić information content (AvgIpc) is 2.54. The van der Waals surface area contributed by atoms with E-state index in [-0.39, 0.29) is 5.82 Å². The lowest BCUT2D eigenvalue weighted by molar-refractivity contribution is 0.288. The highest BCUT2D eigenvalue weighted by atomic mass is 19.1. The molecule has 0 unspecified atom stereocenters. The summed E-state index contributed by atoms with van der Waals surface area (Å²) in [5.41, 5.74) is 1.80. The molecule has 0 atom stereocenters. The summed E-state index contributed by atoms with van der Waals surface area (Å²) in [6.07, 6.45) is 2.12. The predicted octanol–water partition coefficient (Wildman–Crippen LogP) is 4.63. The summed E-state index contributed by atoms with van der Waals surface area (Å²) in [6, 6.07) is 12.3. The molecule has 4 heteroatoms. The Labute approximate surface area is 131 Å². The summed E-state index contributed by atoms with van der Waals surface area (Å²) < 4.78 is 24.2. The topological polar surface area (TPSA) is 30.5 Å². The number of ether oxygens (including phenoxy) is 2. The maximum absolute atomic E-state index is 13.1. The molecule has 0 aliphatic rings. The zero-order valence-electron chi connectivity index (χ0n) is 13.1. The van der Waals surface area contributed by atoms with Gasteiger partial charge in [-0.15, -0.1) is 0 Å². The average molecular weight is 303 g/mol. The van der Waals surface area contributed by atoms with Crippen molar-refractivity contribution in [3.05, 3.63) is 53.8 Å². The lowest BCUT2D eigenvalue weighted by atomic mass is 10.2. The van der Waals surface area contributed by atoms with Crippen LogP contribution in [-0.4, -0.2) is 13.7 Å². The number of benzene rings is 2. The third-order valence-electron chi connectivity index (χ3n) is 3.30. The molecular formula is C18H22FNO2. The number of hydrogen-bond acceptors (Lipinski definition) is 3. The summed E-state index contributed by atoms with van der Waals surface area (Å²) in [5, 5.41) is 3.19. The van der Waals surface area contributed by atoms with Crippen molar-refractivity contribution < 1.29 is 13.9 Å². The smallest absolute Gasteiger partial charge is 0.161 e. The molecule has 22 heavy (non-hydrogen) atoms. The van der Waals surface area contributed by atoms with Gasteiger partial charge in [0.1, 0.15) is 5.82 Å². The molecule has 2 aromatic rings. The quantitative estimate of drug-likeness (QED) is 0.721. The second-order valence-electron chi connectivity index (χ2n) is 5.05. The van der Waals surface area contributed by atoms with Gasteiger partial charge in [-0.05, 0) is 42.3 Å². The molecule has 0 aromatic heterocycles. The van der Waals surface area contributed by atoms with Gasteiger partial charge in [-0.2, -0.15) is 0 Å². The molecule has 0 spiro atoms. The van der Waals surface area contributed by atoms with Crippen molar-refractivity contribution >= 4 is 5.69 Å². The van der Waals surface area contributed by atoms with Crippen LogP contribution < -0.4 is 14.8 Å². The Hall–Kier alpha value is -2.23. The number of halogens is 1. The zero-order chi connectivity index (χ0) is 15.8. The highest BCUT2D eigenvalue weighted by Gasteiger charge is 2.06. The van der Waals surface area contributed by atoms with Crippen molar-refractivity contribution in [3.63, 3.8) is 0 Å². The minimum atomic E-state index is -0.248. The van der Waals surface area contributed by atoms with Crippen LogP contribution in [0, 0.1) is 5.82 Å². The van der Waals surface area contributed by atoms with Gasteiger partial charge in [0.05, 0.1) is 13.7 Å². The fourth-order valence-corrected chi connectivity index (χ4v) is 2.07. The number of nitrogens with one attached hydrogen (secondary N) is 1. The zero-order valence-corrected chi connectivity index (χ0v) is 13.1. The van der Waals surface area contributed by atoms with E-state index >= 15 is 0 Å². The third kappa shape index (κ3) is 4.65. The molecule has 0 aliphatic carbocycles. The lowest BCUT2D eigenvalue weighted by Gasteiger charge is -2.13. The Kier molecular flexibility index (Phi) is 6.07. The van der Waals surface area contributed by atoms with Gasteiger partial charge in [-0.25, -0.2) is 4.39 Å². The normalized spacial score (nSPS) is 10.3. The summed E-state index contributed by atoms with van der Waals surface area (Å²) in [6.45, 7) is 3.41. The highest BCUT2D eigenvalue weighted by molar-refractivity contribution is 5.46. The van der Waals surface area contributed by atoms with Crippen LogP contribution in [0.15, 0.2) is 42.5 Å². The lowest BCUT2D eigenvalue weighted by Crippen LogP contribution is -2.02. The molecule has 0 aliphatic heterocycles. The standard InChI is InChI=1S/C18H22FNO2/c1-3-4-10-22-17-9-8-14(11-18(17)21-2)13-20-16-7-5-6-15(19)12-16/h5-9,11-12,20H,3-4,10,13H2,1-2H3. The van der Waals surface area contributed by atoms with E-state index in [1.165, 1.54) is 12.1 Å². The minimum absolute atomic E-state index is 0.248. The van der Waals surface area contributed by atoms with Gasteiger partial charge >= 0.3 is 0 Å². The molecule has 0 saturated carbocycles. The maximum atomic E-state index is 13.1. The number of hydrogen-bond donors (Lipinski definition) is 1. The van der Waals surface area contributed by atoms with Gasteiger partial charge < -0.3 is 14.8 Å². The van der Waals surface area contributed by atoms with Gasteiger partial charge in [-0.3, -0.25) is 0 Å². The fraction of sp³-hybridized carbons (Fsp3) is 0.333. The molecular weight excluding hydrogens is 281 g/mol. The summed E-state index contributed by atoms with van der Waals surface area (Å²) >= 11 is 0. The third-order valence-corrected chi connectivity index (χ3v) is 3.30. The maximum Gasteiger partial charge on any atom is 0.161 e. The fourth-order valence-electron chi connectivity index (χ4n) is 2.07. The van der Waals surface area contributed by atoms with Gasteiger partial charge in [0, 0.05) is 12.2 Å². The van der Waals surface area contributed by atoms with E-state index in [0.29, 0.717) is 13.2 Å². The number of methoxy groups -OCH3 is 1. The number of unbranched alkanes of at least 4 members (excludes halogenated alkanes) is 1. The Morgan fingerprint density at radius 1 is 1.09 bits per heavy atom. The first-order chi connectivity index (χ1) is 10.7. The van der Waals surface area contributed by atoms with Crippen LogP contribution >= 0.6 is 0 Å². The summed E-state index contributed by atoms with van der Waals surface area (Å²) in [4.78, 5) is 0. The van der Waals surface area contributed by atoms with Crippen LogP contribution in [0.4, 0.5) is 10.1 Å². The number of anilines is 1. The first-order valence-corrected chi connectivity index (χ1v) is 7.52. The SMILES string of the molecule is CCCCOc1ccc(CNc2cccc(F)c2)cc1OC. The molecule has 2 aromatic carbocycles. The van der Waals surface area contributed by atoms with Gasteiger partial charge in [0.15, 0.2) is 11.5 Å². The molecule has 2 rings (SSSR count). The van der Waals surface area contributed by atoms with Crippen LogP contribution in [0.1, 0.15) is 25.3 Å². The largest absolute Gasteiger partial charge is 0.493 e. The molecule has 1 N–H and O–H groups in total. The first-order valence-electron chi connectivity index (χ1n) is 7.52. The van der Waals surface area contributed by atoms with E-state index < -0.39 is 0 Å². The summed E-state index contributed by atoms with van der Waals surface area (Å²) in [5.74, 6) is 1.22. The van der Waals surface area contributed by atoms with Crippen molar-refractivity contribution in [2.45, 2.75) is 26.3 Å².